The third-order valence-electron chi connectivity index (χ3n) is 2.44. The van der Waals surface area contributed by atoms with Crippen LogP contribution in [-0.4, -0.2) is 33.8 Å². The fourth-order valence-electron chi connectivity index (χ4n) is 1.55. The van der Waals surface area contributed by atoms with E-state index in [-0.39, 0.29) is 12.3 Å². The number of imide groups is 1. The normalized spacial score (nSPS) is 14.0. The molecule has 0 aromatic heterocycles. The fourth-order valence-corrected chi connectivity index (χ4v) is 1.55. The van der Waals surface area contributed by atoms with E-state index in [2.05, 4.69) is 4.79 Å². The van der Waals surface area contributed by atoms with E-state index in [1.807, 2.05) is 6.07 Å². The summed E-state index contributed by atoms with van der Waals surface area (Å²) in [6, 6.07) is 8.88. The van der Waals surface area contributed by atoms with Gasteiger partial charge >= 0.3 is 5.71 Å². The van der Waals surface area contributed by atoms with E-state index >= 15 is 0 Å². The van der Waals surface area contributed by atoms with Gasteiger partial charge in [0.25, 0.3) is 11.8 Å². The van der Waals surface area contributed by atoms with Crippen molar-refractivity contribution in [3.8, 4) is 0 Å². The molecule has 1 heterocycles. The molecule has 0 aliphatic carbocycles. The second-order valence-corrected chi connectivity index (χ2v) is 3.51. The number of rotatable bonds is 3. The first-order valence-corrected chi connectivity index (χ1v) is 5.02. The quantitative estimate of drug-likeness (QED) is 0.329. The zero-order valence-corrected chi connectivity index (χ0v) is 8.91. The molecule has 1 aliphatic heterocycles. The van der Waals surface area contributed by atoms with Crippen LogP contribution in [0.15, 0.2) is 42.5 Å². The monoisotopic (exact) mass is 227 g/mol. The van der Waals surface area contributed by atoms with Crippen molar-refractivity contribution in [2.75, 3.05) is 6.54 Å². The largest absolute Gasteiger partial charge is 0.361 e. The lowest BCUT2D eigenvalue weighted by Crippen LogP contribution is -2.35. The summed E-state index contributed by atoms with van der Waals surface area (Å²) in [5.74, 6) is -0.792. The van der Waals surface area contributed by atoms with Crippen molar-refractivity contribution in [3.63, 3.8) is 0 Å². The highest BCUT2D eigenvalue weighted by atomic mass is 16.2. The first-order chi connectivity index (χ1) is 8.22. The smallest absolute Gasteiger partial charge is 0.318 e. The molecule has 0 N–H and O–H groups in total. The molecular formula is C12H9N3O2. The van der Waals surface area contributed by atoms with E-state index < -0.39 is 11.8 Å². The molecule has 84 valence electrons. The van der Waals surface area contributed by atoms with Crippen LogP contribution in [0.1, 0.15) is 5.56 Å². The number of nitrogens with zero attached hydrogens (tertiary/aromatic N) is 3. The Morgan fingerprint density at radius 3 is 2.24 bits per heavy atom. The lowest BCUT2D eigenvalue weighted by atomic mass is 10.1. The molecule has 0 bridgehead atoms. The summed E-state index contributed by atoms with van der Waals surface area (Å²) in [5, 5.41) is 0. The van der Waals surface area contributed by atoms with Crippen LogP contribution in [0.4, 0.5) is 0 Å². The van der Waals surface area contributed by atoms with Crippen LogP contribution in [0.5, 0.6) is 0 Å². The molecule has 0 atom stereocenters. The minimum absolute atomic E-state index is 0.0365. The van der Waals surface area contributed by atoms with Gasteiger partial charge in [-0.2, -0.15) is 4.79 Å². The Labute approximate surface area is 97.6 Å². The first-order valence-electron chi connectivity index (χ1n) is 5.02. The van der Waals surface area contributed by atoms with Crippen LogP contribution in [0.2, 0.25) is 0 Å². The molecular weight excluding hydrogens is 218 g/mol. The van der Waals surface area contributed by atoms with Gasteiger partial charge in [0.1, 0.15) is 6.54 Å². The van der Waals surface area contributed by atoms with Crippen LogP contribution in [0.3, 0.4) is 0 Å². The average molecular weight is 227 g/mol. The van der Waals surface area contributed by atoms with Gasteiger partial charge in [-0.15, -0.1) is 0 Å². The Morgan fingerprint density at radius 2 is 1.71 bits per heavy atom. The maximum Gasteiger partial charge on any atom is 0.318 e. The molecule has 1 aromatic rings. The molecule has 5 heteroatoms. The Balaban J connectivity index is 2.21. The average Bonchev–Trinajstić information content (AvgIpc) is 2.68. The van der Waals surface area contributed by atoms with Crippen molar-refractivity contribution in [1.82, 2.24) is 4.90 Å². The van der Waals surface area contributed by atoms with E-state index in [1.54, 1.807) is 24.3 Å². The number of hydrogen-bond acceptors (Lipinski definition) is 2. The Kier molecular flexibility index (Phi) is 2.94. The van der Waals surface area contributed by atoms with Gasteiger partial charge in [0.2, 0.25) is 0 Å². The minimum atomic E-state index is -0.396. The summed E-state index contributed by atoms with van der Waals surface area (Å²) in [4.78, 5) is 26.8. The molecule has 0 unspecified atom stereocenters. The summed E-state index contributed by atoms with van der Waals surface area (Å²) >= 11 is 0. The lowest BCUT2D eigenvalue weighted by molar-refractivity contribution is -0.136. The third kappa shape index (κ3) is 2.19. The molecule has 0 radical (unpaired) electrons. The van der Waals surface area contributed by atoms with Crippen LogP contribution >= 0.6 is 0 Å². The van der Waals surface area contributed by atoms with Crippen molar-refractivity contribution >= 4 is 17.5 Å². The summed E-state index contributed by atoms with van der Waals surface area (Å²) in [6.07, 6.45) is 2.39. The number of amides is 2. The molecule has 0 saturated heterocycles. The van der Waals surface area contributed by atoms with E-state index in [0.717, 1.165) is 4.90 Å². The Hall–Kier alpha value is -2.52. The van der Waals surface area contributed by atoms with Crippen LogP contribution < -0.4 is 0 Å². The highest BCUT2D eigenvalue weighted by Gasteiger charge is 2.28. The molecule has 2 amide bonds. The van der Waals surface area contributed by atoms with E-state index in [9.17, 15) is 9.59 Å². The van der Waals surface area contributed by atoms with Crippen molar-refractivity contribution in [1.29, 1.82) is 0 Å². The lowest BCUT2D eigenvalue weighted by Gasteiger charge is -2.10. The van der Waals surface area contributed by atoms with Gasteiger partial charge in [-0.1, -0.05) is 18.2 Å². The van der Waals surface area contributed by atoms with Gasteiger partial charge in [-0.3, -0.25) is 14.5 Å². The summed E-state index contributed by atoms with van der Waals surface area (Å²) in [6.45, 7) is -0.0365. The van der Waals surface area contributed by atoms with E-state index in [4.69, 9.17) is 5.53 Å². The van der Waals surface area contributed by atoms with Crippen LogP contribution in [0, 0.1) is 0 Å². The summed E-state index contributed by atoms with van der Waals surface area (Å²) < 4.78 is 0. The van der Waals surface area contributed by atoms with Crippen molar-refractivity contribution in [2.24, 2.45) is 0 Å². The Morgan fingerprint density at radius 1 is 1.12 bits per heavy atom. The number of hydrogen-bond donors (Lipinski definition) is 0. The zero-order valence-electron chi connectivity index (χ0n) is 8.91. The molecule has 0 fully saturated rings. The van der Waals surface area contributed by atoms with E-state index in [0.29, 0.717) is 5.56 Å². The molecule has 0 spiro atoms. The second kappa shape index (κ2) is 4.55. The molecule has 1 aromatic carbocycles. The fraction of sp³-hybridized carbons (Fsp3) is 0.0833. The number of benzene rings is 1. The second-order valence-electron chi connectivity index (χ2n) is 3.51. The molecule has 1 aliphatic rings. The molecule has 2 rings (SSSR count). The highest BCUT2D eigenvalue weighted by Crippen LogP contribution is 2.06. The predicted molar refractivity (Wildman–Crippen MR) is 60.0 cm³/mol. The van der Waals surface area contributed by atoms with Crippen LogP contribution in [-0.2, 0) is 9.59 Å². The van der Waals surface area contributed by atoms with E-state index in [1.165, 1.54) is 12.2 Å². The summed E-state index contributed by atoms with van der Waals surface area (Å²) in [7, 11) is 0. The standard InChI is InChI=1S/C12H9N3O2/c13-14-10(9-4-2-1-3-5-9)8-15-11(16)6-7-12(15)17/h1-7H,8H2. The zero-order chi connectivity index (χ0) is 12.3. The SMILES string of the molecule is [N-]=[N+]=C(CN1C(=O)C=CC1=O)c1ccccc1. The topological polar surface area (TPSA) is 73.8 Å². The molecule has 0 saturated carbocycles. The minimum Gasteiger partial charge on any atom is -0.361 e. The van der Waals surface area contributed by atoms with Gasteiger partial charge in [0.05, 0.1) is 5.56 Å². The number of carbonyl (C=O) groups is 2. The highest BCUT2D eigenvalue weighted by molar-refractivity contribution is 6.15. The maximum absolute atomic E-state index is 11.3. The van der Waals surface area contributed by atoms with Gasteiger partial charge in [-0.05, 0) is 12.1 Å². The molecule has 5 nitrogen and oxygen atoms in total. The van der Waals surface area contributed by atoms with Crippen LogP contribution in [0.25, 0.3) is 5.53 Å². The Bertz CT molecular complexity index is 524. The van der Waals surface area contributed by atoms with Crippen molar-refractivity contribution < 1.29 is 14.4 Å². The molecule has 17 heavy (non-hydrogen) atoms. The van der Waals surface area contributed by atoms with Crippen molar-refractivity contribution in [2.45, 2.75) is 0 Å². The van der Waals surface area contributed by atoms with Gasteiger partial charge in [0, 0.05) is 12.2 Å². The number of carbonyl (C=O) groups excluding carboxylic acids is 2. The predicted octanol–water partition coefficient (Wildman–Crippen LogP) is 0.631. The van der Waals surface area contributed by atoms with Crippen molar-refractivity contribution in [3.05, 3.63) is 53.6 Å². The van der Waals surface area contributed by atoms with Gasteiger partial charge in [0.15, 0.2) is 0 Å². The van der Waals surface area contributed by atoms with Gasteiger partial charge < -0.3 is 5.53 Å². The first kappa shape index (κ1) is 11.0. The maximum atomic E-state index is 11.3. The van der Waals surface area contributed by atoms with Gasteiger partial charge in [-0.25, -0.2) is 0 Å². The third-order valence-corrected chi connectivity index (χ3v) is 2.44. The summed E-state index contributed by atoms with van der Waals surface area (Å²) in [5.41, 5.74) is 9.87.